The molecule has 2 nitrogen and oxygen atoms in total. The van der Waals surface area contributed by atoms with Crippen molar-refractivity contribution in [2.75, 3.05) is 20.1 Å². The van der Waals surface area contributed by atoms with E-state index in [4.69, 9.17) is 0 Å². The van der Waals surface area contributed by atoms with Crippen molar-refractivity contribution in [1.82, 2.24) is 4.90 Å². The van der Waals surface area contributed by atoms with Crippen molar-refractivity contribution in [3.8, 4) is 0 Å². The number of piperidine rings is 1. The van der Waals surface area contributed by atoms with Crippen LogP contribution in [-0.4, -0.2) is 31.3 Å². The van der Waals surface area contributed by atoms with Gasteiger partial charge < -0.3 is 4.90 Å². The molecule has 0 aliphatic carbocycles. The fourth-order valence-electron chi connectivity index (χ4n) is 1.69. The second kappa shape index (κ2) is 7.41. The number of hydrogen-bond acceptors (Lipinski definition) is 2. The minimum absolute atomic E-state index is 1.06. The Morgan fingerprint density at radius 3 is 2.67 bits per heavy atom. The topological polar surface area (TPSA) is 15.6 Å². The summed E-state index contributed by atoms with van der Waals surface area (Å²) in [5.41, 5.74) is 1.63. The molecule has 0 aromatic heterocycles. The van der Waals surface area contributed by atoms with Crippen molar-refractivity contribution < 1.29 is 0 Å². The van der Waals surface area contributed by atoms with Crippen LogP contribution in [0.25, 0.3) is 0 Å². The quantitative estimate of drug-likeness (QED) is 0.392. The van der Waals surface area contributed by atoms with Crippen LogP contribution in [0.15, 0.2) is 28.9 Å². The molecule has 0 aromatic carbocycles. The Morgan fingerprint density at radius 2 is 2.00 bits per heavy atom. The van der Waals surface area contributed by atoms with E-state index in [0.29, 0.717) is 0 Å². The van der Waals surface area contributed by atoms with Crippen LogP contribution in [-0.2, 0) is 0 Å². The molecule has 1 fully saturated rings. The highest BCUT2D eigenvalue weighted by Crippen LogP contribution is 2.15. The van der Waals surface area contributed by atoms with Crippen LogP contribution in [0.1, 0.15) is 32.6 Å². The van der Waals surface area contributed by atoms with Crippen LogP contribution in [0, 0.1) is 0 Å². The Hall–Kier alpha value is -0.890. The third kappa shape index (κ3) is 5.53. The molecule has 0 N–H and O–H groups in total. The highest BCUT2D eigenvalue weighted by Gasteiger charge is 2.08. The van der Waals surface area contributed by atoms with Crippen molar-refractivity contribution in [1.29, 1.82) is 0 Å². The molecule has 0 atom stereocenters. The summed E-state index contributed by atoms with van der Waals surface area (Å²) in [6.45, 7) is 4.43. The van der Waals surface area contributed by atoms with Gasteiger partial charge in [0.1, 0.15) is 0 Å². The van der Waals surface area contributed by atoms with Crippen molar-refractivity contribution in [2.24, 2.45) is 4.99 Å². The van der Waals surface area contributed by atoms with Crippen LogP contribution in [0.5, 0.6) is 0 Å². The van der Waals surface area contributed by atoms with Gasteiger partial charge in [-0.05, 0) is 39.7 Å². The Morgan fingerprint density at radius 1 is 1.27 bits per heavy atom. The summed E-state index contributed by atoms with van der Waals surface area (Å²) in [7, 11) is 2.19. The molecule has 0 radical (unpaired) electrons. The summed E-state index contributed by atoms with van der Waals surface area (Å²) < 4.78 is 0. The van der Waals surface area contributed by atoms with Gasteiger partial charge in [0.15, 0.2) is 0 Å². The maximum Gasteiger partial charge on any atom is 0.0221 e. The van der Waals surface area contributed by atoms with E-state index in [2.05, 4.69) is 23.0 Å². The van der Waals surface area contributed by atoms with Gasteiger partial charge in [-0.25, -0.2) is 0 Å². The van der Waals surface area contributed by atoms with E-state index in [9.17, 15) is 0 Å². The molecule has 0 amide bonds. The number of likely N-dealkylation sites (tertiary alicyclic amines) is 1. The van der Waals surface area contributed by atoms with E-state index < -0.39 is 0 Å². The SMILES string of the molecule is C/C=C\N=CCCC=C1CCN(C)CC1. The fraction of sp³-hybridized carbons (Fsp3) is 0.615. The molecule has 1 aliphatic heterocycles. The van der Waals surface area contributed by atoms with Crippen LogP contribution < -0.4 is 0 Å². The minimum atomic E-state index is 1.06. The first-order valence-electron chi connectivity index (χ1n) is 5.82. The third-order valence-corrected chi connectivity index (χ3v) is 2.70. The Kier molecular flexibility index (Phi) is 6.02. The molecule has 84 valence electrons. The number of allylic oxidation sites excluding steroid dienone is 2. The van der Waals surface area contributed by atoms with E-state index >= 15 is 0 Å². The summed E-state index contributed by atoms with van der Waals surface area (Å²) >= 11 is 0. The van der Waals surface area contributed by atoms with E-state index in [1.54, 1.807) is 5.57 Å². The molecular formula is C13H22N2. The number of nitrogens with zero attached hydrogens (tertiary/aromatic N) is 2. The van der Waals surface area contributed by atoms with Gasteiger partial charge in [0.05, 0.1) is 0 Å². The second-order valence-corrected chi connectivity index (χ2v) is 4.06. The zero-order chi connectivity index (χ0) is 10.9. The third-order valence-electron chi connectivity index (χ3n) is 2.70. The largest absolute Gasteiger partial charge is 0.306 e. The predicted octanol–water partition coefficient (Wildman–Crippen LogP) is 3.02. The van der Waals surface area contributed by atoms with Gasteiger partial charge in [-0.15, -0.1) is 0 Å². The summed E-state index contributed by atoms with van der Waals surface area (Å²) in [4.78, 5) is 6.54. The number of hydrogen-bond donors (Lipinski definition) is 0. The number of rotatable bonds is 4. The summed E-state index contributed by atoms with van der Waals surface area (Å²) in [5, 5.41) is 0. The van der Waals surface area contributed by atoms with Crippen molar-refractivity contribution in [3.63, 3.8) is 0 Å². The molecule has 15 heavy (non-hydrogen) atoms. The first kappa shape index (κ1) is 12.2. The Bertz CT molecular complexity index is 241. The Labute approximate surface area is 93.4 Å². The van der Waals surface area contributed by atoms with Crippen LogP contribution in [0.3, 0.4) is 0 Å². The van der Waals surface area contributed by atoms with Crippen molar-refractivity contribution in [3.05, 3.63) is 23.9 Å². The first-order chi connectivity index (χ1) is 7.33. The van der Waals surface area contributed by atoms with Crippen LogP contribution in [0.4, 0.5) is 0 Å². The molecule has 0 saturated carbocycles. The maximum atomic E-state index is 4.14. The summed E-state index contributed by atoms with van der Waals surface area (Å²) in [6, 6.07) is 0. The zero-order valence-corrected chi connectivity index (χ0v) is 9.95. The predicted molar refractivity (Wildman–Crippen MR) is 67.4 cm³/mol. The minimum Gasteiger partial charge on any atom is -0.306 e. The average Bonchev–Trinajstić information content (AvgIpc) is 2.26. The molecule has 1 aliphatic rings. The van der Waals surface area contributed by atoms with Gasteiger partial charge in [-0.1, -0.05) is 17.7 Å². The van der Waals surface area contributed by atoms with Crippen LogP contribution in [0.2, 0.25) is 0 Å². The summed E-state index contributed by atoms with van der Waals surface area (Å²) in [6.07, 6.45) is 12.9. The smallest absolute Gasteiger partial charge is 0.0221 e. The molecule has 1 rings (SSSR count). The lowest BCUT2D eigenvalue weighted by molar-refractivity contribution is 0.312. The van der Waals surface area contributed by atoms with Gasteiger partial charge >= 0.3 is 0 Å². The first-order valence-corrected chi connectivity index (χ1v) is 5.82. The zero-order valence-electron chi connectivity index (χ0n) is 9.95. The molecule has 2 heteroatoms. The van der Waals surface area contributed by atoms with E-state index in [1.807, 2.05) is 25.4 Å². The molecule has 1 heterocycles. The molecule has 0 unspecified atom stereocenters. The van der Waals surface area contributed by atoms with Gasteiger partial charge in [-0.2, -0.15) is 0 Å². The number of unbranched alkanes of at least 4 members (excludes halogenated alkanes) is 1. The molecule has 0 aromatic rings. The fourth-order valence-corrected chi connectivity index (χ4v) is 1.69. The lowest BCUT2D eigenvalue weighted by atomic mass is 10.0. The normalized spacial score (nSPS) is 19.2. The molecule has 1 saturated heterocycles. The second-order valence-electron chi connectivity index (χ2n) is 4.06. The van der Waals surface area contributed by atoms with Gasteiger partial charge in [0.2, 0.25) is 0 Å². The molecular weight excluding hydrogens is 184 g/mol. The van der Waals surface area contributed by atoms with Crippen molar-refractivity contribution >= 4 is 6.21 Å². The van der Waals surface area contributed by atoms with E-state index in [-0.39, 0.29) is 0 Å². The van der Waals surface area contributed by atoms with E-state index in [1.165, 1.54) is 25.9 Å². The van der Waals surface area contributed by atoms with Crippen molar-refractivity contribution in [2.45, 2.75) is 32.6 Å². The molecule has 0 spiro atoms. The van der Waals surface area contributed by atoms with Gasteiger partial charge in [0.25, 0.3) is 0 Å². The van der Waals surface area contributed by atoms with Gasteiger partial charge in [-0.3, -0.25) is 4.99 Å². The standard InChI is InChI=1S/C13H22N2/c1-3-9-14-10-5-4-6-13-7-11-15(2)12-8-13/h3,6,9-10H,4-5,7-8,11-12H2,1-2H3/b9-3-,14-10?. The highest BCUT2D eigenvalue weighted by molar-refractivity contribution is 5.58. The summed E-state index contributed by atoms with van der Waals surface area (Å²) in [5.74, 6) is 0. The number of aliphatic imine (C=N–C) groups is 1. The maximum absolute atomic E-state index is 4.14. The lowest BCUT2D eigenvalue weighted by Crippen LogP contribution is -2.26. The van der Waals surface area contributed by atoms with E-state index in [0.717, 1.165) is 12.8 Å². The van der Waals surface area contributed by atoms with Gasteiger partial charge in [0, 0.05) is 25.5 Å². The van der Waals surface area contributed by atoms with Crippen LogP contribution >= 0.6 is 0 Å². The highest BCUT2D eigenvalue weighted by atomic mass is 15.1. The molecule has 0 bridgehead atoms. The average molecular weight is 206 g/mol. The monoisotopic (exact) mass is 206 g/mol. The lowest BCUT2D eigenvalue weighted by Gasteiger charge is -2.23. The Balaban J connectivity index is 2.15.